The maximum absolute atomic E-state index is 6.21. The Hall–Kier alpha value is -2.32. The Morgan fingerprint density at radius 3 is 2.41 bits per heavy atom. The van der Waals surface area contributed by atoms with Crippen LogP contribution in [-0.4, -0.2) is 13.2 Å². The van der Waals surface area contributed by atoms with E-state index in [1.54, 1.807) is 0 Å². The number of rotatable bonds is 13. The molecule has 0 aliphatic carbocycles. The lowest BCUT2D eigenvalue weighted by Crippen LogP contribution is -2.16. The first-order valence-electron chi connectivity index (χ1n) is 11.3. The fourth-order valence-corrected chi connectivity index (χ4v) is 3.80. The van der Waals surface area contributed by atoms with Crippen molar-refractivity contribution in [3.8, 4) is 5.75 Å². The van der Waals surface area contributed by atoms with Crippen LogP contribution in [0.4, 0.5) is 0 Å². The molecule has 0 saturated carbocycles. The zero-order chi connectivity index (χ0) is 20.2. The summed E-state index contributed by atoms with van der Waals surface area (Å²) in [6.07, 6.45) is 8.57. The summed E-state index contributed by atoms with van der Waals surface area (Å²) in [5.41, 5.74) is 2.70. The number of nitrogens with one attached hydrogen (secondary N) is 1. The van der Waals surface area contributed by atoms with Crippen molar-refractivity contribution in [3.63, 3.8) is 0 Å². The van der Waals surface area contributed by atoms with Crippen LogP contribution in [-0.2, 0) is 13.0 Å². The molecule has 154 valence electrons. The minimum Gasteiger partial charge on any atom is -0.493 e. The van der Waals surface area contributed by atoms with Gasteiger partial charge in [0.05, 0.1) is 6.61 Å². The van der Waals surface area contributed by atoms with Crippen molar-refractivity contribution < 1.29 is 4.74 Å². The zero-order valence-corrected chi connectivity index (χ0v) is 17.8. The molecule has 0 aromatic heterocycles. The fraction of sp³-hybridized carbons (Fsp3) is 0.407. The third-order valence-electron chi connectivity index (χ3n) is 5.47. The van der Waals surface area contributed by atoms with E-state index in [9.17, 15) is 0 Å². The number of ether oxygens (including phenoxy) is 1. The van der Waals surface area contributed by atoms with E-state index in [1.807, 2.05) is 0 Å². The van der Waals surface area contributed by atoms with Crippen molar-refractivity contribution in [2.45, 2.75) is 58.4 Å². The molecule has 0 aliphatic heterocycles. The summed E-state index contributed by atoms with van der Waals surface area (Å²) < 4.78 is 6.21. The average Bonchev–Trinajstić information content (AvgIpc) is 2.77. The largest absolute Gasteiger partial charge is 0.493 e. The van der Waals surface area contributed by atoms with E-state index >= 15 is 0 Å². The van der Waals surface area contributed by atoms with Crippen molar-refractivity contribution in [2.75, 3.05) is 13.2 Å². The molecule has 3 aromatic carbocycles. The van der Waals surface area contributed by atoms with Crippen molar-refractivity contribution >= 4 is 10.8 Å². The molecule has 0 amide bonds. The molecule has 0 radical (unpaired) electrons. The Morgan fingerprint density at radius 1 is 0.759 bits per heavy atom. The molecule has 3 aromatic rings. The summed E-state index contributed by atoms with van der Waals surface area (Å²) in [6, 6.07) is 23.7. The molecule has 0 saturated heterocycles. The smallest absolute Gasteiger partial charge is 0.124 e. The molecule has 3 rings (SSSR count). The highest BCUT2D eigenvalue weighted by molar-refractivity contribution is 5.87. The van der Waals surface area contributed by atoms with Gasteiger partial charge in [-0.25, -0.2) is 0 Å². The Balaban J connectivity index is 1.55. The van der Waals surface area contributed by atoms with Crippen LogP contribution in [0.2, 0.25) is 0 Å². The molecule has 2 nitrogen and oxygen atoms in total. The van der Waals surface area contributed by atoms with E-state index in [0.717, 1.165) is 44.7 Å². The normalized spacial score (nSPS) is 11.1. The van der Waals surface area contributed by atoms with Gasteiger partial charge in [-0.15, -0.1) is 0 Å². The molecule has 29 heavy (non-hydrogen) atoms. The molecular formula is C27H35NO. The van der Waals surface area contributed by atoms with Gasteiger partial charge in [-0.3, -0.25) is 0 Å². The van der Waals surface area contributed by atoms with Crippen molar-refractivity contribution in [3.05, 3.63) is 77.9 Å². The zero-order valence-electron chi connectivity index (χ0n) is 17.8. The lowest BCUT2D eigenvalue weighted by Gasteiger charge is -2.15. The predicted octanol–water partition coefficient (Wildman–Crippen LogP) is 6.91. The molecule has 0 aliphatic rings. The standard InChI is InChI=1S/C27H35NO/c1-2-3-4-5-11-21-29-27-19-18-24-16-9-10-17-25(24)26(27)22-28-20-12-15-23-13-7-6-8-14-23/h6-10,13-14,16-19,28H,2-5,11-12,15,20-22H2,1H3. The summed E-state index contributed by atoms with van der Waals surface area (Å²) in [7, 11) is 0. The predicted molar refractivity (Wildman–Crippen MR) is 125 cm³/mol. The molecule has 0 fully saturated rings. The second-order valence-corrected chi connectivity index (χ2v) is 7.79. The van der Waals surface area contributed by atoms with E-state index in [0.29, 0.717) is 0 Å². The van der Waals surface area contributed by atoms with Gasteiger partial charge in [0.25, 0.3) is 0 Å². The first-order valence-corrected chi connectivity index (χ1v) is 11.3. The van der Waals surface area contributed by atoms with Gasteiger partial charge < -0.3 is 10.1 Å². The van der Waals surface area contributed by atoms with Crippen molar-refractivity contribution in [1.29, 1.82) is 0 Å². The summed E-state index contributed by atoms with van der Waals surface area (Å²) in [5.74, 6) is 1.04. The fourth-order valence-electron chi connectivity index (χ4n) is 3.80. The third kappa shape index (κ3) is 6.90. The number of hydrogen-bond acceptors (Lipinski definition) is 2. The average molecular weight is 390 g/mol. The lowest BCUT2D eigenvalue weighted by atomic mass is 10.0. The minimum absolute atomic E-state index is 0.809. The quantitative estimate of drug-likeness (QED) is 0.321. The molecule has 0 unspecified atom stereocenters. The first-order chi connectivity index (χ1) is 14.4. The van der Waals surface area contributed by atoms with Gasteiger partial charge in [0.15, 0.2) is 0 Å². The maximum atomic E-state index is 6.21. The molecule has 2 heteroatoms. The number of benzene rings is 3. The van der Waals surface area contributed by atoms with Crippen LogP contribution in [0.25, 0.3) is 10.8 Å². The second-order valence-electron chi connectivity index (χ2n) is 7.79. The maximum Gasteiger partial charge on any atom is 0.124 e. The third-order valence-corrected chi connectivity index (χ3v) is 5.47. The van der Waals surface area contributed by atoms with Crippen LogP contribution in [0, 0.1) is 0 Å². The van der Waals surface area contributed by atoms with Crippen LogP contribution in [0.1, 0.15) is 56.6 Å². The monoisotopic (exact) mass is 389 g/mol. The van der Waals surface area contributed by atoms with Gasteiger partial charge >= 0.3 is 0 Å². The number of aryl methyl sites for hydroxylation is 1. The number of hydrogen-bond donors (Lipinski definition) is 1. The van der Waals surface area contributed by atoms with Crippen LogP contribution in [0.5, 0.6) is 5.75 Å². The van der Waals surface area contributed by atoms with Crippen LogP contribution in [0.15, 0.2) is 66.7 Å². The van der Waals surface area contributed by atoms with Gasteiger partial charge in [0, 0.05) is 12.1 Å². The van der Waals surface area contributed by atoms with Gasteiger partial charge in [-0.05, 0) is 48.2 Å². The molecule has 0 spiro atoms. The Bertz CT molecular complexity index is 844. The van der Waals surface area contributed by atoms with Crippen LogP contribution < -0.4 is 10.1 Å². The van der Waals surface area contributed by atoms with Crippen molar-refractivity contribution in [1.82, 2.24) is 5.32 Å². The SMILES string of the molecule is CCCCCCCOc1ccc2ccccc2c1CNCCCc1ccccc1. The van der Waals surface area contributed by atoms with E-state index in [4.69, 9.17) is 4.74 Å². The van der Waals surface area contributed by atoms with Crippen LogP contribution in [0.3, 0.4) is 0 Å². The topological polar surface area (TPSA) is 21.3 Å². The summed E-state index contributed by atoms with van der Waals surface area (Å²) in [6.45, 7) is 4.92. The van der Waals surface area contributed by atoms with Crippen LogP contribution >= 0.6 is 0 Å². The Morgan fingerprint density at radius 2 is 1.55 bits per heavy atom. The highest BCUT2D eigenvalue weighted by Gasteiger charge is 2.09. The van der Waals surface area contributed by atoms with Gasteiger partial charge in [0.1, 0.15) is 5.75 Å². The van der Waals surface area contributed by atoms with Gasteiger partial charge in [-0.2, -0.15) is 0 Å². The second kappa shape index (κ2) is 12.3. The lowest BCUT2D eigenvalue weighted by molar-refractivity contribution is 0.301. The first kappa shape index (κ1) is 21.4. The summed E-state index contributed by atoms with van der Waals surface area (Å²) in [5, 5.41) is 6.22. The molecular weight excluding hydrogens is 354 g/mol. The summed E-state index contributed by atoms with van der Waals surface area (Å²) in [4.78, 5) is 0. The number of unbranched alkanes of at least 4 members (excludes halogenated alkanes) is 4. The van der Waals surface area contributed by atoms with E-state index in [1.165, 1.54) is 47.6 Å². The van der Waals surface area contributed by atoms with E-state index < -0.39 is 0 Å². The number of fused-ring (bicyclic) bond motifs is 1. The summed E-state index contributed by atoms with van der Waals surface area (Å²) >= 11 is 0. The molecule has 0 heterocycles. The molecule has 0 atom stereocenters. The molecule has 1 N–H and O–H groups in total. The minimum atomic E-state index is 0.809. The highest BCUT2D eigenvalue weighted by atomic mass is 16.5. The van der Waals surface area contributed by atoms with Gasteiger partial charge in [-0.1, -0.05) is 93.3 Å². The highest BCUT2D eigenvalue weighted by Crippen LogP contribution is 2.28. The molecule has 0 bridgehead atoms. The Labute approximate surface area is 176 Å². The van der Waals surface area contributed by atoms with E-state index in [-0.39, 0.29) is 0 Å². The van der Waals surface area contributed by atoms with Gasteiger partial charge in [0.2, 0.25) is 0 Å². The Kier molecular flexibility index (Phi) is 9.06. The van der Waals surface area contributed by atoms with E-state index in [2.05, 4.69) is 79.0 Å². The van der Waals surface area contributed by atoms with Crippen molar-refractivity contribution in [2.24, 2.45) is 0 Å².